The molecular formula is C19H21N3O3S. The topological polar surface area (TPSA) is 90.3 Å². The molecule has 0 radical (unpaired) electrons. The van der Waals surface area contributed by atoms with Crippen molar-refractivity contribution in [2.24, 2.45) is 0 Å². The number of amides is 1. The van der Waals surface area contributed by atoms with Crippen LogP contribution in [0, 0.1) is 18.3 Å². The van der Waals surface area contributed by atoms with Crippen molar-refractivity contribution >= 4 is 21.6 Å². The summed E-state index contributed by atoms with van der Waals surface area (Å²) in [6.45, 7) is 2.14. The molecule has 0 atom stereocenters. The number of hydrogen-bond acceptors (Lipinski definition) is 4. The molecule has 2 rings (SSSR count). The van der Waals surface area contributed by atoms with E-state index in [9.17, 15) is 18.5 Å². The van der Waals surface area contributed by atoms with E-state index in [-0.39, 0.29) is 31.0 Å². The second-order valence-electron chi connectivity index (χ2n) is 5.92. The molecule has 0 unspecified atom stereocenters. The molecule has 0 spiro atoms. The molecule has 0 heterocycles. The van der Waals surface area contributed by atoms with E-state index in [0.29, 0.717) is 5.69 Å². The molecule has 0 aliphatic rings. The van der Waals surface area contributed by atoms with E-state index >= 15 is 0 Å². The highest BCUT2D eigenvalue weighted by Gasteiger charge is 2.20. The Kier molecular flexibility index (Phi) is 6.36. The molecule has 6 nitrogen and oxygen atoms in total. The van der Waals surface area contributed by atoms with E-state index in [2.05, 4.69) is 5.32 Å². The fourth-order valence-electron chi connectivity index (χ4n) is 2.59. The van der Waals surface area contributed by atoms with E-state index in [4.69, 9.17) is 0 Å². The first-order chi connectivity index (χ1) is 12.3. The number of nitriles is 1. The van der Waals surface area contributed by atoms with Gasteiger partial charge in [-0.2, -0.15) is 5.26 Å². The summed E-state index contributed by atoms with van der Waals surface area (Å²) in [6, 6.07) is 16.1. The number of sulfonamides is 1. The van der Waals surface area contributed by atoms with Gasteiger partial charge < -0.3 is 5.32 Å². The number of carbonyl (C=O) groups excluding carboxylic acids is 1. The van der Waals surface area contributed by atoms with E-state index in [1.165, 1.54) is 0 Å². The highest BCUT2D eigenvalue weighted by atomic mass is 32.2. The average Bonchev–Trinajstić information content (AvgIpc) is 2.60. The number of carbonyl (C=O) groups is 1. The fourth-order valence-corrected chi connectivity index (χ4v) is 3.53. The highest BCUT2D eigenvalue weighted by Crippen LogP contribution is 2.21. The minimum atomic E-state index is -3.58. The maximum atomic E-state index is 12.1. The largest absolute Gasteiger partial charge is 0.354 e. The van der Waals surface area contributed by atoms with Gasteiger partial charge in [0.1, 0.15) is 6.07 Å². The van der Waals surface area contributed by atoms with Crippen LogP contribution in [0.25, 0.3) is 0 Å². The van der Waals surface area contributed by atoms with Crippen molar-refractivity contribution < 1.29 is 13.2 Å². The predicted octanol–water partition coefficient (Wildman–Crippen LogP) is 1.99. The standard InChI is InChI=1S/C19H21N3O3S/c1-15-7-3-4-8-16(15)13-19(23)21-11-12-22(26(2,24)25)18-10-6-5-9-17(18)14-20/h3-10H,11-13H2,1-2H3,(H,21,23). The molecule has 26 heavy (non-hydrogen) atoms. The lowest BCUT2D eigenvalue weighted by Gasteiger charge is -2.23. The van der Waals surface area contributed by atoms with E-state index < -0.39 is 10.0 Å². The highest BCUT2D eigenvalue weighted by molar-refractivity contribution is 7.92. The predicted molar refractivity (Wildman–Crippen MR) is 101 cm³/mol. The van der Waals surface area contributed by atoms with Crippen LogP contribution >= 0.6 is 0 Å². The zero-order chi connectivity index (χ0) is 19.2. The van der Waals surface area contributed by atoms with Gasteiger partial charge in [0.05, 0.1) is 30.5 Å². The third-order valence-corrected chi connectivity index (χ3v) is 5.12. The maximum Gasteiger partial charge on any atom is 0.232 e. The first-order valence-corrected chi connectivity index (χ1v) is 9.96. The Hall–Kier alpha value is -2.85. The van der Waals surface area contributed by atoms with Gasteiger partial charge in [-0.25, -0.2) is 8.42 Å². The van der Waals surface area contributed by atoms with Gasteiger partial charge in [0.2, 0.25) is 15.9 Å². The molecule has 0 aliphatic carbocycles. The lowest BCUT2D eigenvalue weighted by atomic mass is 10.1. The van der Waals surface area contributed by atoms with Gasteiger partial charge in [-0.15, -0.1) is 0 Å². The van der Waals surface area contributed by atoms with Crippen LogP contribution in [0.2, 0.25) is 0 Å². The van der Waals surface area contributed by atoms with Gasteiger partial charge >= 0.3 is 0 Å². The summed E-state index contributed by atoms with van der Waals surface area (Å²) in [7, 11) is -3.58. The van der Waals surface area contributed by atoms with Crippen LogP contribution in [0.3, 0.4) is 0 Å². The number of nitrogens with one attached hydrogen (secondary N) is 1. The molecule has 0 saturated heterocycles. The van der Waals surface area contributed by atoms with Crippen molar-refractivity contribution in [3.63, 3.8) is 0 Å². The minimum Gasteiger partial charge on any atom is -0.354 e. The van der Waals surface area contributed by atoms with Crippen molar-refractivity contribution in [3.8, 4) is 6.07 Å². The number of anilines is 1. The van der Waals surface area contributed by atoms with Crippen molar-refractivity contribution in [3.05, 3.63) is 65.2 Å². The summed E-state index contributed by atoms with van der Waals surface area (Å²) in [5, 5.41) is 11.9. The van der Waals surface area contributed by atoms with Crippen LogP contribution in [-0.2, 0) is 21.2 Å². The molecule has 1 N–H and O–H groups in total. The molecule has 7 heteroatoms. The summed E-state index contributed by atoms with van der Waals surface area (Å²) < 4.78 is 25.4. The Balaban J connectivity index is 2.04. The van der Waals surface area contributed by atoms with Crippen molar-refractivity contribution in [1.29, 1.82) is 5.26 Å². The van der Waals surface area contributed by atoms with Crippen LogP contribution in [-0.4, -0.2) is 33.7 Å². The van der Waals surface area contributed by atoms with Crippen LogP contribution in [0.15, 0.2) is 48.5 Å². The fraction of sp³-hybridized carbons (Fsp3) is 0.263. The summed E-state index contributed by atoms with van der Waals surface area (Å²) in [6.07, 6.45) is 1.32. The third-order valence-electron chi connectivity index (χ3n) is 3.94. The first kappa shape index (κ1) is 19.5. The van der Waals surface area contributed by atoms with Gasteiger partial charge in [-0.05, 0) is 30.2 Å². The van der Waals surface area contributed by atoms with E-state index in [0.717, 1.165) is 21.7 Å². The third kappa shape index (κ3) is 5.07. The molecule has 0 aromatic heterocycles. The monoisotopic (exact) mass is 371 g/mol. The molecule has 1 amide bonds. The average molecular weight is 371 g/mol. The van der Waals surface area contributed by atoms with Gasteiger partial charge in [-0.3, -0.25) is 9.10 Å². The summed E-state index contributed by atoms with van der Waals surface area (Å²) in [5.41, 5.74) is 2.54. The second kappa shape index (κ2) is 8.50. The zero-order valence-electron chi connectivity index (χ0n) is 14.8. The Morgan fingerprint density at radius 2 is 1.81 bits per heavy atom. The number of nitrogens with zero attached hydrogens (tertiary/aromatic N) is 2. The molecular weight excluding hydrogens is 350 g/mol. The van der Waals surface area contributed by atoms with Crippen LogP contribution in [0.4, 0.5) is 5.69 Å². The second-order valence-corrected chi connectivity index (χ2v) is 7.82. The first-order valence-electron chi connectivity index (χ1n) is 8.11. The number of rotatable bonds is 7. The van der Waals surface area contributed by atoms with Crippen molar-refractivity contribution in [2.75, 3.05) is 23.7 Å². The normalized spacial score (nSPS) is 10.8. The number of hydrogen-bond donors (Lipinski definition) is 1. The van der Waals surface area contributed by atoms with Crippen molar-refractivity contribution in [2.45, 2.75) is 13.3 Å². The van der Waals surface area contributed by atoms with Gasteiger partial charge in [0.15, 0.2) is 0 Å². The van der Waals surface area contributed by atoms with Crippen LogP contribution < -0.4 is 9.62 Å². The Labute approximate surface area is 154 Å². The molecule has 2 aromatic carbocycles. The molecule has 0 saturated carbocycles. The molecule has 2 aromatic rings. The summed E-state index contributed by atoms with van der Waals surface area (Å²) >= 11 is 0. The molecule has 0 bridgehead atoms. The Bertz CT molecular complexity index is 933. The quantitative estimate of drug-likeness (QED) is 0.806. The smallest absolute Gasteiger partial charge is 0.232 e. The summed E-state index contributed by atoms with van der Waals surface area (Å²) in [5.74, 6) is -0.179. The van der Waals surface area contributed by atoms with E-state index in [1.807, 2.05) is 37.3 Å². The van der Waals surface area contributed by atoms with Crippen LogP contribution in [0.5, 0.6) is 0 Å². The lowest BCUT2D eigenvalue weighted by molar-refractivity contribution is -0.120. The molecule has 0 aliphatic heterocycles. The SMILES string of the molecule is Cc1ccccc1CC(=O)NCCN(c1ccccc1C#N)S(C)(=O)=O. The number of aryl methyl sites for hydroxylation is 1. The van der Waals surface area contributed by atoms with Crippen LogP contribution in [0.1, 0.15) is 16.7 Å². The maximum absolute atomic E-state index is 12.1. The Morgan fingerprint density at radius 3 is 2.46 bits per heavy atom. The van der Waals surface area contributed by atoms with Gasteiger partial charge in [0, 0.05) is 6.54 Å². The summed E-state index contributed by atoms with van der Waals surface area (Å²) in [4.78, 5) is 12.1. The Morgan fingerprint density at radius 1 is 1.15 bits per heavy atom. The molecule has 136 valence electrons. The van der Waals surface area contributed by atoms with E-state index in [1.54, 1.807) is 24.3 Å². The number of para-hydroxylation sites is 1. The van der Waals surface area contributed by atoms with Gasteiger partial charge in [0.25, 0.3) is 0 Å². The zero-order valence-corrected chi connectivity index (χ0v) is 15.6. The molecule has 0 fully saturated rings. The lowest BCUT2D eigenvalue weighted by Crippen LogP contribution is -2.39. The number of benzene rings is 2. The minimum absolute atomic E-state index is 0.0526. The van der Waals surface area contributed by atoms with Crippen molar-refractivity contribution in [1.82, 2.24) is 5.32 Å². The van der Waals surface area contributed by atoms with Gasteiger partial charge in [-0.1, -0.05) is 36.4 Å².